The number of carbonyl (C=O) groups is 1. The van der Waals surface area contributed by atoms with E-state index in [1.165, 1.54) is 6.42 Å². The molecule has 4 nitrogen and oxygen atoms in total. The lowest BCUT2D eigenvalue weighted by molar-refractivity contribution is 0.0702. The number of hydrogen-bond acceptors (Lipinski definition) is 3. The Kier molecular flexibility index (Phi) is 2.66. The summed E-state index contributed by atoms with van der Waals surface area (Å²) in [5.41, 5.74) is 1.07. The molecule has 19 heavy (non-hydrogen) atoms. The lowest BCUT2D eigenvalue weighted by Gasteiger charge is -2.39. The molecule has 1 saturated heterocycles. The maximum absolute atomic E-state index is 12.6. The van der Waals surface area contributed by atoms with Gasteiger partial charge in [0.25, 0.3) is 5.91 Å². The van der Waals surface area contributed by atoms with Gasteiger partial charge >= 0.3 is 0 Å². The third-order valence-electron chi connectivity index (χ3n) is 4.46. The van der Waals surface area contributed by atoms with Crippen molar-refractivity contribution in [1.29, 1.82) is 0 Å². The minimum Gasteiger partial charge on any atom is -0.334 e. The summed E-state index contributed by atoms with van der Waals surface area (Å²) in [6.45, 7) is 7.79. The van der Waals surface area contributed by atoms with Crippen molar-refractivity contribution < 1.29 is 4.79 Å². The summed E-state index contributed by atoms with van der Waals surface area (Å²) < 4.78 is 0. The third kappa shape index (κ3) is 2.24. The zero-order chi connectivity index (χ0) is 13.7. The molecule has 2 bridgehead atoms. The Morgan fingerprint density at radius 1 is 1.32 bits per heavy atom. The van der Waals surface area contributed by atoms with Crippen LogP contribution >= 0.6 is 0 Å². The summed E-state index contributed by atoms with van der Waals surface area (Å²) in [6.07, 6.45) is 8.17. The van der Waals surface area contributed by atoms with Gasteiger partial charge in [-0.05, 0) is 30.1 Å². The van der Waals surface area contributed by atoms with Gasteiger partial charge in [-0.15, -0.1) is 0 Å². The summed E-state index contributed by atoms with van der Waals surface area (Å²) in [6, 6.07) is 0.364. The van der Waals surface area contributed by atoms with Gasteiger partial charge in [-0.3, -0.25) is 9.78 Å². The molecule has 0 radical (unpaired) electrons. The SMILES string of the molecule is CC1(C)CC2CC(C)(CN2C(=O)c2cnccn2)C1. The molecular weight excluding hydrogens is 238 g/mol. The highest BCUT2D eigenvalue weighted by Gasteiger charge is 2.51. The van der Waals surface area contributed by atoms with Crippen molar-refractivity contribution in [2.75, 3.05) is 6.54 Å². The van der Waals surface area contributed by atoms with Crippen LogP contribution in [0.3, 0.4) is 0 Å². The first-order valence-electron chi connectivity index (χ1n) is 6.96. The summed E-state index contributed by atoms with van der Waals surface area (Å²) in [5.74, 6) is 0.0412. The highest BCUT2D eigenvalue weighted by molar-refractivity contribution is 5.92. The van der Waals surface area contributed by atoms with Crippen LogP contribution in [-0.4, -0.2) is 33.4 Å². The van der Waals surface area contributed by atoms with E-state index >= 15 is 0 Å². The van der Waals surface area contributed by atoms with Crippen LogP contribution in [0.1, 0.15) is 50.5 Å². The second-order valence-corrected chi connectivity index (χ2v) is 7.24. The van der Waals surface area contributed by atoms with Gasteiger partial charge in [0.15, 0.2) is 0 Å². The largest absolute Gasteiger partial charge is 0.334 e. The lowest BCUT2D eigenvalue weighted by Crippen LogP contribution is -2.38. The Morgan fingerprint density at radius 2 is 2.11 bits per heavy atom. The van der Waals surface area contributed by atoms with E-state index < -0.39 is 0 Å². The fourth-order valence-electron chi connectivity index (χ4n) is 4.25. The number of likely N-dealkylation sites (tertiary alicyclic amines) is 1. The number of fused-ring (bicyclic) bond motifs is 2. The van der Waals surface area contributed by atoms with E-state index in [0.29, 0.717) is 17.2 Å². The Balaban J connectivity index is 1.86. The van der Waals surface area contributed by atoms with Gasteiger partial charge in [-0.2, -0.15) is 0 Å². The number of hydrogen-bond donors (Lipinski definition) is 0. The highest BCUT2D eigenvalue weighted by atomic mass is 16.2. The van der Waals surface area contributed by atoms with Crippen LogP contribution in [0.15, 0.2) is 18.6 Å². The van der Waals surface area contributed by atoms with Crippen LogP contribution in [0.4, 0.5) is 0 Å². The topological polar surface area (TPSA) is 46.1 Å². The average molecular weight is 259 g/mol. The maximum atomic E-state index is 12.6. The van der Waals surface area contributed by atoms with Gasteiger partial charge in [0.1, 0.15) is 5.69 Å². The number of aromatic nitrogens is 2. The molecule has 1 amide bonds. The molecule has 0 spiro atoms. The highest BCUT2D eigenvalue weighted by Crippen LogP contribution is 2.52. The number of rotatable bonds is 1. The zero-order valence-electron chi connectivity index (χ0n) is 11.9. The van der Waals surface area contributed by atoms with Gasteiger partial charge in [-0.25, -0.2) is 4.98 Å². The van der Waals surface area contributed by atoms with E-state index in [1.54, 1.807) is 18.6 Å². The molecule has 2 aliphatic rings. The molecule has 1 saturated carbocycles. The van der Waals surface area contributed by atoms with Crippen molar-refractivity contribution in [3.8, 4) is 0 Å². The van der Waals surface area contributed by atoms with Crippen molar-refractivity contribution in [1.82, 2.24) is 14.9 Å². The molecular formula is C15H21N3O. The molecule has 3 rings (SSSR count). The van der Waals surface area contributed by atoms with E-state index in [-0.39, 0.29) is 11.3 Å². The van der Waals surface area contributed by atoms with Crippen molar-refractivity contribution in [2.45, 2.75) is 46.1 Å². The molecule has 1 aliphatic heterocycles. The monoisotopic (exact) mass is 259 g/mol. The molecule has 2 atom stereocenters. The van der Waals surface area contributed by atoms with Crippen molar-refractivity contribution >= 4 is 5.91 Å². The number of carbonyl (C=O) groups excluding carboxylic acids is 1. The maximum Gasteiger partial charge on any atom is 0.274 e. The smallest absolute Gasteiger partial charge is 0.274 e. The Hall–Kier alpha value is -1.45. The standard InChI is InChI=1S/C15H21N3O/c1-14(2)6-11-7-15(3,9-14)10-18(11)13(19)12-8-16-4-5-17-12/h4-5,8,11H,6-7,9-10H2,1-3H3. The molecule has 0 aromatic carbocycles. The van der Waals surface area contributed by atoms with Gasteiger partial charge in [0.05, 0.1) is 6.20 Å². The quantitative estimate of drug-likeness (QED) is 0.778. The molecule has 0 N–H and O–H groups in total. The van der Waals surface area contributed by atoms with Crippen molar-refractivity contribution in [3.63, 3.8) is 0 Å². The molecule has 4 heteroatoms. The van der Waals surface area contributed by atoms with Gasteiger partial charge in [0.2, 0.25) is 0 Å². The predicted octanol–water partition coefficient (Wildman–Crippen LogP) is 2.52. The average Bonchev–Trinajstić information content (AvgIpc) is 2.59. The fraction of sp³-hybridized carbons (Fsp3) is 0.667. The van der Waals surface area contributed by atoms with Gasteiger partial charge in [-0.1, -0.05) is 20.8 Å². The van der Waals surface area contributed by atoms with E-state index in [0.717, 1.165) is 19.4 Å². The number of nitrogens with zero attached hydrogens (tertiary/aromatic N) is 3. The summed E-state index contributed by atoms with van der Waals surface area (Å²) in [4.78, 5) is 22.7. The van der Waals surface area contributed by atoms with Crippen LogP contribution in [0, 0.1) is 10.8 Å². The van der Waals surface area contributed by atoms with E-state index in [9.17, 15) is 4.79 Å². The lowest BCUT2D eigenvalue weighted by atomic mass is 9.65. The van der Waals surface area contributed by atoms with Crippen LogP contribution in [0.2, 0.25) is 0 Å². The zero-order valence-corrected chi connectivity index (χ0v) is 11.9. The van der Waals surface area contributed by atoms with Crippen LogP contribution in [0.5, 0.6) is 0 Å². The van der Waals surface area contributed by atoms with Crippen LogP contribution in [-0.2, 0) is 0 Å². The first kappa shape index (κ1) is 12.6. The molecule has 2 heterocycles. The third-order valence-corrected chi connectivity index (χ3v) is 4.46. The molecule has 1 aromatic rings. The summed E-state index contributed by atoms with van der Waals surface area (Å²) >= 11 is 0. The van der Waals surface area contributed by atoms with Gasteiger partial charge < -0.3 is 4.90 Å². The first-order valence-corrected chi connectivity index (χ1v) is 6.96. The Morgan fingerprint density at radius 3 is 2.79 bits per heavy atom. The minimum atomic E-state index is 0.0412. The molecule has 1 aromatic heterocycles. The molecule has 102 valence electrons. The molecule has 2 fully saturated rings. The molecule has 1 aliphatic carbocycles. The second-order valence-electron chi connectivity index (χ2n) is 7.24. The van der Waals surface area contributed by atoms with Crippen molar-refractivity contribution in [3.05, 3.63) is 24.3 Å². The number of amides is 1. The Labute approximate surface area is 114 Å². The van der Waals surface area contributed by atoms with E-state index in [2.05, 4.69) is 30.7 Å². The van der Waals surface area contributed by atoms with Crippen LogP contribution in [0.25, 0.3) is 0 Å². The Bertz CT molecular complexity index is 499. The second kappa shape index (κ2) is 4.02. The fourth-order valence-corrected chi connectivity index (χ4v) is 4.25. The predicted molar refractivity (Wildman–Crippen MR) is 72.6 cm³/mol. The van der Waals surface area contributed by atoms with Gasteiger partial charge in [0, 0.05) is 25.0 Å². The summed E-state index contributed by atoms with van der Waals surface area (Å²) in [7, 11) is 0. The molecule has 2 unspecified atom stereocenters. The van der Waals surface area contributed by atoms with Crippen molar-refractivity contribution in [2.24, 2.45) is 10.8 Å². The van der Waals surface area contributed by atoms with E-state index in [4.69, 9.17) is 0 Å². The van der Waals surface area contributed by atoms with E-state index in [1.807, 2.05) is 4.90 Å². The summed E-state index contributed by atoms with van der Waals surface area (Å²) in [5, 5.41) is 0. The first-order chi connectivity index (χ1) is 8.89. The minimum absolute atomic E-state index is 0.0412. The van der Waals surface area contributed by atoms with Crippen LogP contribution < -0.4 is 0 Å². The normalized spacial score (nSPS) is 32.4.